The lowest BCUT2D eigenvalue weighted by Gasteiger charge is -2.32. The predicted octanol–water partition coefficient (Wildman–Crippen LogP) is 6.36. The van der Waals surface area contributed by atoms with E-state index in [1.165, 1.54) is 0 Å². The van der Waals surface area contributed by atoms with Crippen LogP contribution in [0.1, 0.15) is 37.7 Å². The number of urea groups is 1. The van der Waals surface area contributed by atoms with Crippen LogP contribution in [0.25, 0.3) is 10.9 Å². The van der Waals surface area contributed by atoms with Gasteiger partial charge in [-0.05, 0) is 49.2 Å². The van der Waals surface area contributed by atoms with Gasteiger partial charge in [0.15, 0.2) is 0 Å². The van der Waals surface area contributed by atoms with Crippen molar-refractivity contribution >= 4 is 38.6 Å². The van der Waals surface area contributed by atoms with Gasteiger partial charge in [-0.15, -0.1) is 0 Å². The number of fused-ring (bicyclic) bond motifs is 1. The van der Waals surface area contributed by atoms with Crippen LogP contribution in [-0.4, -0.2) is 20.5 Å². The molecule has 0 aliphatic heterocycles. The van der Waals surface area contributed by atoms with Gasteiger partial charge in [-0.2, -0.15) is 0 Å². The van der Waals surface area contributed by atoms with Crippen molar-refractivity contribution < 1.29 is 4.79 Å². The molecule has 2 amide bonds. The molecule has 4 rings (SSSR count). The Morgan fingerprint density at radius 1 is 1.03 bits per heavy atom. The van der Waals surface area contributed by atoms with Crippen LogP contribution in [0.5, 0.6) is 0 Å². The third kappa shape index (κ3) is 5.04. The first-order chi connectivity index (χ1) is 16.5. The van der Waals surface area contributed by atoms with Gasteiger partial charge < -0.3 is 10.2 Å². The molecule has 1 atom stereocenters. The van der Waals surface area contributed by atoms with Crippen molar-refractivity contribution in [3.63, 3.8) is 0 Å². The molecule has 0 saturated carbocycles. The van der Waals surface area contributed by atoms with Crippen LogP contribution in [0.3, 0.4) is 0 Å². The summed E-state index contributed by atoms with van der Waals surface area (Å²) in [5, 5.41) is 3.60. The molecule has 1 N–H and O–H groups in total. The number of carbonyl (C=O) groups is 1. The van der Waals surface area contributed by atoms with E-state index in [4.69, 9.17) is 4.98 Å². The van der Waals surface area contributed by atoms with Gasteiger partial charge in [-0.1, -0.05) is 71.4 Å². The highest BCUT2D eigenvalue weighted by Crippen LogP contribution is 2.27. The summed E-state index contributed by atoms with van der Waals surface area (Å²) in [6.07, 6.45) is 0.601. The number of carbonyl (C=O) groups excluding carboxylic acids is 1. The topological polar surface area (TPSA) is 67.2 Å². The summed E-state index contributed by atoms with van der Waals surface area (Å²) >= 11 is 3.46. The maximum absolute atomic E-state index is 13.6. The minimum Gasteiger partial charge on any atom is -0.310 e. The van der Waals surface area contributed by atoms with Gasteiger partial charge in [0.1, 0.15) is 5.82 Å². The number of halogens is 1. The molecule has 6 nitrogen and oxygen atoms in total. The summed E-state index contributed by atoms with van der Waals surface area (Å²) in [7, 11) is 0. The second-order valence-corrected chi connectivity index (χ2v) is 8.93. The fourth-order valence-electron chi connectivity index (χ4n) is 4.15. The number of nitrogens with one attached hydrogen (secondary N) is 1. The number of benzene rings is 3. The number of amides is 2. The van der Waals surface area contributed by atoms with E-state index in [1.807, 2.05) is 86.6 Å². The Kier molecular flexibility index (Phi) is 7.43. The molecule has 4 aromatic rings. The first-order valence-corrected chi connectivity index (χ1v) is 12.2. The lowest BCUT2D eigenvalue weighted by molar-refractivity contribution is 0.175. The smallest absolute Gasteiger partial charge is 0.310 e. The lowest BCUT2D eigenvalue weighted by Crippen LogP contribution is -2.40. The molecule has 7 heteroatoms. The van der Waals surface area contributed by atoms with E-state index in [0.717, 1.165) is 10.0 Å². The number of nitrogens with zero attached hydrogens (tertiary/aromatic N) is 3. The third-order valence-electron chi connectivity index (χ3n) is 5.80. The Morgan fingerprint density at radius 2 is 1.76 bits per heavy atom. The van der Waals surface area contributed by atoms with Gasteiger partial charge in [-0.3, -0.25) is 9.36 Å². The van der Waals surface area contributed by atoms with Gasteiger partial charge in [0.05, 0.1) is 16.9 Å². The number of para-hydroxylation sites is 1. The second kappa shape index (κ2) is 10.7. The molecule has 3 aromatic carbocycles. The molecule has 1 unspecified atom stereocenters. The normalized spacial score (nSPS) is 11.9. The molecule has 0 saturated heterocycles. The van der Waals surface area contributed by atoms with E-state index in [0.29, 0.717) is 41.9 Å². The summed E-state index contributed by atoms with van der Waals surface area (Å²) in [5.41, 5.74) is 2.23. The van der Waals surface area contributed by atoms with E-state index < -0.39 is 6.04 Å². The van der Waals surface area contributed by atoms with Crippen LogP contribution in [0.2, 0.25) is 0 Å². The number of aromatic nitrogens is 2. The second-order valence-electron chi connectivity index (χ2n) is 8.01. The fourth-order valence-corrected chi connectivity index (χ4v) is 4.55. The van der Waals surface area contributed by atoms with Gasteiger partial charge >= 0.3 is 6.03 Å². The molecule has 0 aliphatic rings. The van der Waals surface area contributed by atoms with Gasteiger partial charge in [0.2, 0.25) is 0 Å². The highest BCUT2D eigenvalue weighted by molar-refractivity contribution is 9.10. The zero-order chi connectivity index (χ0) is 24.1. The van der Waals surface area contributed by atoms with E-state index in [2.05, 4.69) is 21.2 Å². The highest BCUT2D eigenvalue weighted by atomic mass is 79.9. The average molecular weight is 519 g/mol. The Labute approximate surface area is 207 Å². The highest BCUT2D eigenvalue weighted by Gasteiger charge is 2.28. The zero-order valence-corrected chi connectivity index (χ0v) is 20.8. The van der Waals surface area contributed by atoms with Crippen LogP contribution in [-0.2, 0) is 13.1 Å². The van der Waals surface area contributed by atoms with E-state index in [1.54, 1.807) is 15.5 Å². The molecular formula is C27H27BrN4O2. The molecule has 0 bridgehead atoms. The van der Waals surface area contributed by atoms with Crippen LogP contribution in [0.4, 0.5) is 10.5 Å². The lowest BCUT2D eigenvalue weighted by atomic mass is 10.1. The monoisotopic (exact) mass is 518 g/mol. The zero-order valence-electron chi connectivity index (χ0n) is 19.2. The van der Waals surface area contributed by atoms with Crippen molar-refractivity contribution in [3.05, 3.63) is 105 Å². The molecule has 0 radical (unpaired) electrons. The van der Waals surface area contributed by atoms with Crippen LogP contribution < -0.4 is 10.9 Å². The summed E-state index contributed by atoms with van der Waals surface area (Å²) < 4.78 is 2.56. The van der Waals surface area contributed by atoms with E-state index >= 15 is 0 Å². The molecular weight excluding hydrogens is 492 g/mol. The maximum atomic E-state index is 13.6. The van der Waals surface area contributed by atoms with E-state index in [9.17, 15) is 9.59 Å². The quantitative estimate of drug-likeness (QED) is 0.309. The third-order valence-corrected chi connectivity index (χ3v) is 6.29. The summed E-state index contributed by atoms with van der Waals surface area (Å²) in [5.74, 6) is 0.592. The SMILES string of the molecule is CCC(c1nc2ccccc2c(=O)n1CC)N(Cc1ccccc1)C(=O)Nc1cccc(Br)c1. The van der Waals surface area contributed by atoms with Crippen LogP contribution in [0.15, 0.2) is 88.1 Å². The minimum atomic E-state index is -0.399. The molecule has 0 spiro atoms. The number of hydrogen-bond acceptors (Lipinski definition) is 3. The van der Waals surface area contributed by atoms with Crippen molar-refractivity contribution in [3.8, 4) is 0 Å². The summed E-state index contributed by atoms with van der Waals surface area (Å²) in [4.78, 5) is 33.6. The molecule has 174 valence electrons. The molecule has 0 aliphatic carbocycles. The number of hydrogen-bond donors (Lipinski definition) is 1. The van der Waals surface area contributed by atoms with Crippen molar-refractivity contribution in [2.24, 2.45) is 0 Å². The predicted molar refractivity (Wildman–Crippen MR) is 140 cm³/mol. The fraction of sp³-hybridized carbons (Fsp3) is 0.222. The first-order valence-electron chi connectivity index (χ1n) is 11.4. The first kappa shape index (κ1) is 23.7. The maximum Gasteiger partial charge on any atom is 0.322 e. The van der Waals surface area contributed by atoms with Crippen molar-refractivity contribution in [1.82, 2.24) is 14.5 Å². The molecule has 1 heterocycles. The van der Waals surface area contributed by atoms with Crippen molar-refractivity contribution in [2.75, 3.05) is 5.32 Å². The van der Waals surface area contributed by atoms with Crippen molar-refractivity contribution in [1.29, 1.82) is 0 Å². The number of rotatable bonds is 7. The van der Waals surface area contributed by atoms with Gasteiger partial charge in [0, 0.05) is 23.2 Å². The van der Waals surface area contributed by atoms with E-state index in [-0.39, 0.29) is 11.6 Å². The van der Waals surface area contributed by atoms with Gasteiger partial charge in [-0.25, -0.2) is 9.78 Å². The number of anilines is 1. The minimum absolute atomic E-state index is 0.0893. The Morgan fingerprint density at radius 3 is 2.47 bits per heavy atom. The van der Waals surface area contributed by atoms with Crippen molar-refractivity contribution in [2.45, 2.75) is 39.4 Å². The van der Waals surface area contributed by atoms with Crippen LogP contribution in [0, 0.1) is 0 Å². The average Bonchev–Trinajstić information content (AvgIpc) is 2.85. The standard InChI is InChI=1S/C27H27BrN4O2/c1-3-24(25-30-23-16-9-8-15-22(23)26(33)31(25)4-2)32(18-19-11-6-5-7-12-19)27(34)29-21-14-10-13-20(28)17-21/h5-17,24H,3-4,18H2,1-2H3,(H,29,34). The largest absolute Gasteiger partial charge is 0.322 e. The Balaban J connectivity index is 1.80. The van der Waals surface area contributed by atoms with Crippen LogP contribution >= 0.6 is 15.9 Å². The molecule has 0 fully saturated rings. The molecule has 1 aromatic heterocycles. The van der Waals surface area contributed by atoms with Gasteiger partial charge in [0.25, 0.3) is 5.56 Å². The summed E-state index contributed by atoms with van der Waals surface area (Å²) in [6, 6.07) is 24.0. The Bertz CT molecular complexity index is 1350. The Hall–Kier alpha value is -3.45. The summed E-state index contributed by atoms with van der Waals surface area (Å²) in [6.45, 7) is 4.79. The molecule has 34 heavy (non-hydrogen) atoms.